The van der Waals surface area contributed by atoms with Crippen LogP contribution in [0.5, 0.6) is 5.75 Å². The Bertz CT molecular complexity index is 1030. The molecule has 10 heteroatoms. The Morgan fingerprint density at radius 3 is 2.78 bits per heavy atom. The van der Waals surface area contributed by atoms with Crippen molar-refractivity contribution in [1.29, 1.82) is 0 Å². The number of anilines is 1. The number of carbonyl (C=O) groups is 2. The van der Waals surface area contributed by atoms with Crippen LogP contribution in [-0.4, -0.2) is 40.7 Å². The van der Waals surface area contributed by atoms with Crippen LogP contribution in [0.3, 0.4) is 0 Å². The van der Waals surface area contributed by atoms with E-state index in [2.05, 4.69) is 15.5 Å². The summed E-state index contributed by atoms with van der Waals surface area (Å²) in [4.78, 5) is 34.6. The number of esters is 1. The number of aromatic nitrogens is 2. The standard InChI is InChI=1S/C17H14N4O6/c1-26-10-6-7-13(14(8-10)21(24)25)18-15(22)9-27-17(23)16-11-4-2-3-5-12(11)19-20-16/h2-8H,9H2,1H3,(H,18,22)(H,19,20). The van der Waals surface area contributed by atoms with E-state index >= 15 is 0 Å². The van der Waals surface area contributed by atoms with Crippen LogP contribution in [0, 0.1) is 10.1 Å². The quantitative estimate of drug-likeness (QED) is 0.386. The van der Waals surface area contributed by atoms with Crippen molar-refractivity contribution in [3.63, 3.8) is 0 Å². The molecule has 2 aromatic carbocycles. The van der Waals surface area contributed by atoms with Crippen molar-refractivity contribution < 1.29 is 24.0 Å². The van der Waals surface area contributed by atoms with E-state index in [1.54, 1.807) is 24.3 Å². The van der Waals surface area contributed by atoms with Crippen molar-refractivity contribution >= 4 is 34.2 Å². The first-order valence-electron chi connectivity index (χ1n) is 7.72. The summed E-state index contributed by atoms with van der Waals surface area (Å²) in [5.41, 5.74) is 0.330. The highest BCUT2D eigenvalue weighted by molar-refractivity contribution is 6.03. The molecule has 0 bridgehead atoms. The number of carbonyl (C=O) groups excluding carboxylic acids is 2. The first-order chi connectivity index (χ1) is 13.0. The van der Waals surface area contributed by atoms with Gasteiger partial charge >= 0.3 is 5.97 Å². The molecule has 0 radical (unpaired) electrons. The Labute approximate surface area is 152 Å². The van der Waals surface area contributed by atoms with Crippen LogP contribution in [0.15, 0.2) is 42.5 Å². The molecule has 0 fully saturated rings. The number of ether oxygens (including phenoxy) is 2. The number of nitro groups is 1. The highest BCUT2D eigenvalue weighted by Crippen LogP contribution is 2.28. The molecule has 138 valence electrons. The topological polar surface area (TPSA) is 136 Å². The van der Waals surface area contributed by atoms with Crippen LogP contribution in [0.2, 0.25) is 0 Å². The van der Waals surface area contributed by atoms with Gasteiger partial charge in [-0.25, -0.2) is 4.79 Å². The number of nitrogens with one attached hydrogen (secondary N) is 2. The third-order valence-corrected chi connectivity index (χ3v) is 3.67. The van der Waals surface area contributed by atoms with E-state index in [1.165, 1.54) is 25.3 Å². The lowest BCUT2D eigenvalue weighted by molar-refractivity contribution is -0.384. The molecule has 1 amide bonds. The molecule has 0 aliphatic heterocycles. The van der Waals surface area contributed by atoms with Gasteiger partial charge in [0.05, 0.1) is 23.6 Å². The second-order valence-corrected chi connectivity index (χ2v) is 5.38. The molecule has 0 aliphatic carbocycles. The lowest BCUT2D eigenvalue weighted by Crippen LogP contribution is -2.21. The van der Waals surface area contributed by atoms with Crippen molar-refractivity contribution in [3.8, 4) is 5.75 Å². The molecular formula is C17H14N4O6. The van der Waals surface area contributed by atoms with Crippen LogP contribution in [-0.2, 0) is 9.53 Å². The van der Waals surface area contributed by atoms with Crippen molar-refractivity contribution in [2.24, 2.45) is 0 Å². The normalized spacial score (nSPS) is 10.4. The number of hydrogen-bond donors (Lipinski definition) is 2. The molecule has 0 saturated carbocycles. The van der Waals surface area contributed by atoms with Crippen molar-refractivity contribution in [3.05, 3.63) is 58.3 Å². The number of hydrogen-bond acceptors (Lipinski definition) is 7. The van der Waals surface area contributed by atoms with Gasteiger partial charge in [0.1, 0.15) is 11.4 Å². The van der Waals surface area contributed by atoms with Gasteiger partial charge in [-0.3, -0.25) is 20.0 Å². The summed E-state index contributed by atoms with van der Waals surface area (Å²) < 4.78 is 9.87. The summed E-state index contributed by atoms with van der Waals surface area (Å²) in [5, 5.41) is 20.6. The highest BCUT2D eigenvalue weighted by Gasteiger charge is 2.20. The summed E-state index contributed by atoms with van der Waals surface area (Å²) in [5.74, 6) is -1.24. The van der Waals surface area contributed by atoms with Gasteiger partial charge in [0.2, 0.25) is 0 Å². The first kappa shape index (κ1) is 17.9. The lowest BCUT2D eigenvalue weighted by Gasteiger charge is -2.08. The highest BCUT2D eigenvalue weighted by atomic mass is 16.6. The van der Waals surface area contributed by atoms with E-state index in [9.17, 15) is 19.7 Å². The number of rotatable bonds is 6. The third-order valence-electron chi connectivity index (χ3n) is 3.67. The number of nitrogens with zero attached hydrogens (tertiary/aromatic N) is 2. The summed E-state index contributed by atoms with van der Waals surface area (Å²) in [7, 11) is 1.37. The zero-order chi connectivity index (χ0) is 19.4. The van der Waals surface area contributed by atoms with Crippen molar-refractivity contribution in [1.82, 2.24) is 10.2 Å². The molecule has 1 aromatic heterocycles. The van der Waals surface area contributed by atoms with E-state index in [1.807, 2.05) is 0 Å². The van der Waals surface area contributed by atoms with Crippen molar-refractivity contribution in [2.75, 3.05) is 19.0 Å². The number of benzene rings is 2. The summed E-state index contributed by atoms with van der Waals surface area (Å²) in [6, 6.07) is 10.9. The Kier molecular flexibility index (Phi) is 4.97. The van der Waals surface area contributed by atoms with Crippen LogP contribution >= 0.6 is 0 Å². The summed E-state index contributed by atoms with van der Waals surface area (Å²) in [6.45, 7) is -0.622. The predicted octanol–water partition coefficient (Wildman–Crippen LogP) is 2.28. The average Bonchev–Trinajstić information content (AvgIpc) is 3.10. The number of aromatic amines is 1. The summed E-state index contributed by atoms with van der Waals surface area (Å²) in [6.07, 6.45) is 0. The minimum Gasteiger partial charge on any atom is -0.496 e. The first-order valence-corrected chi connectivity index (χ1v) is 7.72. The number of para-hydroxylation sites is 1. The van der Waals surface area contributed by atoms with Gasteiger partial charge in [0.25, 0.3) is 11.6 Å². The zero-order valence-corrected chi connectivity index (χ0v) is 14.1. The SMILES string of the molecule is COc1ccc(NC(=O)COC(=O)c2n[nH]c3ccccc23)c([N+](=O)[O-])c1. The van der Waals surface area contributed by atoms with Gasteiger partial charge in [-0.1, -0.05) is 18.2 Å². The fourth-order valence-corrected chi connectivity index (χ4v) is 2.40. The molecule has 3 rings (SSSR count). The fraction of sp³-hybridized carbons (Fsp3) is 0.118. The van der Waals surface area contributed by atoms with Crippen LogP contribution < -0.4 is 10.1 Å². The van der Waals surface area contributed by atoms with E-state index in [4.69, 9.17) is 9.47 Å². The maximum Gasteiger partial charge on any atom is 0.359 e. The van der Waals surface area contributed by atoms with Crippen molar-refractivity contribution in [2.45, 2.75) is 0 Å². The van der Waals surface area contributed by atoms with Crippen LogP contribution in [0.1, 0.15) is 10.5 Å². The minimum atomic E-state index is -0.785. The third kappa shape index (κ3) is 3.84. The number of H-pyrrole nitrogens is 1. The Morgan fingerprint density at radius 1 is 1.26 bits per heavy atom. The lowest BCUT2D eigenvalue weighted by atomic mass is 10.2. The van der Waals surface area contributed by atoms with Crippen LogP contribution in [0.25, 0.3) is 10.9 Å². The van der Waals surface area contributed by atoms with Gasteiger partial charge in [-0.2, -0.15) is 5.10 Å². The molecule has 0 atom stereocenters. The Balaban J connectivity index is 1.66. The number of amides is 1. The maximum absolute atomic E-state index is 12.1. The molecule has 0 saturated heterocycles. The molecule has 2 N–H and O–H groups in total. The molecule has 3 aromatic rings. The fourth-order valence-electron chi connectivity index (χ4n) is 2.40. The molecule has 0 unspecified atom stereocenters. The second kappa shape index (κ2) is 7.52. The van der Waals surface area contributed by atoms with E-state index in [0.29, 0.717) is 10.9 Å². The second-order valence-electron chi connectivity index (χ2n) is 5.38. The number of nitro benzene ring substituents is 1. The van der Waals surface area contributed by atoms with E-state index in [-0.39, 0.29) is 22.8 Å². The molecule has 27 heavy (non-hydrogen) atoms. The maximum atomic E-state index is 12.1. The number of methoxy groups -OCH3 is 1. The largest absolute Gasteiger partial charge is 0.496 e. The number of fused-ring (bicyclic) bond motifs is 1. The monoisotopic (exact) mass is 370 g/mol. The van der Waals surface area contributed by atoms with Gasteiger partial charge < -0.3 is 14.8 Å². The van der Waals surface area contributed by atoms with Gasteiger partial charge in [-0.05, 0) is 18.2 Å². The Morgan fingerprint density at radius 2 is 2.04 bits per heavy atom. The van der Waals surface area contributed by atoms with E-state index in [0.717, 1.165) is 0 Å². The minimum absolute atomic E-state index is 0.0351. The summed E-state index contributed by atoms with van der Waals surface area (Å²) >= 11 is 0. The molecule has 1 heterocycles. The molecular weight excluding hydrogens is 356 g/mol. The van der Waals surface area contributed by atoms with Gasteiger partial charge in [0, 0.05) is 5.39 Å². The van der Waals surface area contributed by atoms with E-state index < -0.39 is 23.4 Å². The molecule has 10 nitrogen and oxygen atoms in total. The van der Waals surface area contributed by atoms with Gasteiger partial charge in [0.15, 0.2) is 12.3 Å². The molecule has 0 aliphatic rings. The smallest absolute Gasteiger partial charge is 0.359 e. The zero-order valence-electron chi connectivity index (χ0n) is 14.1. The predicted molar refractivity (Wildman–Crippen MR) is 94.7 cm³/mol. The van der Waals surface area contributed by atoms with Crippen LogP contribution in [0.4, 0.5) is 11.4 Å². The average molecular weight is 370 g/mol. The molecule has 0 spiro atoms. The van der Waals surface area contributed by atoms with Gasteiger partial charge in [-0.15, -0.1) is 0 Å². The Hall–Kier alpha value is -3.95.